The number of amidine groups is 1. The number of benzene rings is 2. The molecule has 0 bridgehead atoms. The van der Waals surface area contributed by atoms with Gasteiger partial charge in [0, 0.05) is 23.7 Å². The molecule has 1 atom stereocenters. The van der Waals surface area contributed by atoms with Gasteiger partial charge >= 0.3 is 0 Å². The first-order chi connectivity index (χ1) is 14.0. The molecule has 148 valence electrons. The van der Waals surface area contributed by atoms with E-state index in [2.05, 4.69) is 24.6 Å². The Balaban J connectivity index is 1.50. The van der Waals surface area contributed by atoms with Crippen LogP contribution in [0.1, 0.15) is 23.0 Å². The minimum Gasteiger partial charge on any atom is -0.348 e. The van der Waals surface area contributed by atoms with Crippen molar-refractivity contribution >= 4 is 33.1 Å². The second-order valence-electron chi connectivity index (χ2n) is 7.08. The van der Waals surface area contributed by atoms with Crippen LogP contribution in [-0.4, -0.2) is 42.2 Å². The van der Waals surface area contributed by atoms with Gasteiger partial charge in [0.05, 0.1) is 30.3 Å². The molecule has 0 saturated carbocycles. The van der Waals surface area contributed by atoms with Gasteiger partial charge in [-0.2, -0.15) is 8.42 Å². The fourth-order valence-electron chi connectivity index (χ4n) is 3.94. The second-order valence-corrected chi connectivity index (χ2v) is 9.08. The van der Waals surface area contributed by atoms with Crippen LogP contribution in [0.25, 0.3) is 0 Å². The summed E-state index contributed by atoms with van der Waals surface area (Å²) in [7, 11) is -3.72. The highest BCUT2D eigenvalue weighted by Gasteiger charge is 2.33. The van der Waals surface area contributed by atoms with E-state index in [1.807, 2.05) is 24.3 Å². The first kappa shape index (κ1) is 18.4. The van der Waals surface area contributed by atoms with Crippen molar-refractivity contribution < 1.29 is 8.42 Å². The molecule has 2 N–H and O–H groups in total. The average Bonchev–Trinajstić information content (AvgIpc) is 3.17. The molecule has 1 aromatic heterocycles. The summed E-state index contributed by atoms with van der Waals surface area (Å²) in [6.45, 7) is 1.10. The van der Waals surface area contributed by atoms with Crippen LogP contribution < -0.4 is 5.32 Å². The average molecular weight is 428 g/mol. The number of rotatable bonds is 3. The molecule has 7 nitrogen and oxygen atoms in total. The first-order valence-corrected chi connectivity index (χ1v) is 11.0. The lowest BCUT2D eigenvalue weighted by atomic mass is 9.95. The van der Waals surface area contributed by atoms with Gasteiger partial charge in [0.2, 0.25) is 0 Å². The van der Waals surface area contributed by atoms with Crippen molar-refractivity contribution in [2.75, 3.05) is 18.4 Å². The van der Waals surface area contributed by atoms with E-state index in [0.29, 0.717) is 23.1 Å². The Morgan fingerprint density at radius 1 is 1.14 bits per heavy atom. The fraction of sp³-hybridized carbons (Fsp3) is 0.200. The summed E-state index contributed by atoms with van der Waals surface area (Å²) in [6.07, 6.45) is 2.50. The van der Waals surface area contributed by atoms with Crippen LogP contribution in [0, 0.1) is 0 Å². The van der Waals surface area contributed by atoms with Crippen LogP contribution >= 0.6 is 11.6 Å². The third-order valence-corrected chi connectivity index (χ3v) is 6.86. The van der Waals surface area contributed by atoms with Crippen LogP contribution in [-0.2, 0) is 16.4 Å². The number of anilines is 1. The van der Waals surface area contributed by atoms with Gasteiger partial charge in [-0.3, -0.25) is 4.90 Å². The lowest BCUT2D eigenvalue weighted by Gasteiger charge is -2.36. The summed E-state index contributed by atoms with van der Waals surface area (Å²) >= 11 is 6.07. The lowest BCUT2D eigenvalue weighted by Crippen LogP contribution is -2.42. The Morgan fingerprint density at radius 3 is 2.76 bits per heavy atom. The summed E-state index contributed by atoms with van der Waals surface area (Å²) in [5.41, 5.74) is 3.64. The zero-order valence-electron chi connectivity index (χ0n) is 15.3. The van der Waals surface area contributed by atoms with Crippen LogP contribution in [0.4, 0.5) is 5.69 Å². The molecule has 0 radical (unpaired) electrons. The first-order valence-electron chi connectivity index (χ1n) is 9.23. The summed E-state index contributed by atoms with van der Waals surface area (Å²) < 4.78 is 29.2. The van der Waals surface area contributed by atoms with Crippen molar-refractivity contribution in [2.45, 2.75) is 17.4 Å². The van der Waals surface area contributed by atoms with Gasteiger partial charge in [0.1, 0.15) is 10.7 Å². The van der Waals surface area contributed by atoms with E-state index < -0.39 is 10.0 Å². The third kappa shape index (κ3) is 3.33. The molecule has 0 aliphatic carbocycles. The van der Waals surface area contributed by atoms with Crippen molar-refractivity contribution in [3.8, 4) is 0 Å². The van der Waals surface area contributed by atoms with E-state index in [1.54, 1.807) is 30.6 Å². The zero-order chi connectivity index (χ0) is 20.0. The van der Waals surface area contributed by atoms with Crippen LogP contribution in [0.3, 0.4) is 0 Å². The SMILES string of the molecule is O=S1(=O)N=C(CN2CCc3[nH]cnc3C2c2ccc(Cl)cc2)Nc2ccccc21. The number of hydrogen-bond acceptors (Lipinski definition) is 5. The molecule has 5 rings (SSSR count). The number of para-hydroxylation sites is 1. The van der Waals surface area contributed by atoms with Crippen molar-refractivity contribution in [2.24, 2.45) is 4.40 Å². The van der Waals surface area contributed by atoms with Crippen LogP contribution in [0.2, 0.25) is 5.02 Å². The van der Waals surface area contributed by atoms with E-state index >= 15 is 0 Å². The molecular formula is C20H18ClN5O2S. The molecule has 0 fully saturated rings. The highest BCUT2D eigenvalue weighted by Crippen LogP contribution is 2.34. The molecule has 2 aromatic carbocycles. The maximum atomic E-state index is 12.6. The fourth-order valence-corrected chi connectivity index (χ4v) is 5.20. The van der Waals surface area contributed by atoms with E-state index in [1.165, 1.54) is 0 Å². The summed E-state index contributed by atoms with van der Waals surface area (Å²) in [5, 5.41) is 3.84. The van der Waals surface area contributed by atoms with Crippen molar-refractivity contribution in [1.29, 1.82) is 0 Å². The number of aromatic amines is 1. The predicted molar refractivity (Wildman–Crippen MR) is 112 cm³/mol. The van der Waals surface area contributed by atoms with E-state index in [4.69, 9.17) is 11.6 Å². The van der Waals surface area contributed by atoms with E-state index in [9.17, 15) is 8.42 Å². The van der Waals surface area contributed by atoms with Crippen molar-refractivity contribution in [1.82, 2.24) is 14.9 Å². The predicted octanol–water partition coefficient (Wildman–Crippen LogP) is 3.22. The number of halogens is 1. The van der Waals surface area contributed by atoms with E-state index in [-0.39, 0.29) is 10.9 Å². The normalized spacial score (nSPS) is 20.3. The van der Waals surface area contributed by atoms with Crippen LogP contribution in [0.15, 0.2) is 64.2 Å². The summed E-state index contributed by atoms with van der Waals surface area (Å²) in [5.74, 6) is 0.404. The summed E-state index contributed by atoms with van der Waals surface area (Å²) in [6, 6.07) is 14.4. The second kappa shape index (κ2) is 6.98. The topological polar surface area (TPSA) is 90.5 Å². The molecule has 29 heavy (non-hydrogen) atoms. The monoisotopic (exact) mass is 427 g/mol. The van der Waals surface area contributed by atoms with Gasteiger partial charge in [-0.05, 0) is 29.8 Å². The largest absolute Gasteiger partial charge is 0.348 e. The highest BCUT2D eigenvalue weighted by atomic mass is 35.5. The van der Waals surface area contributed by atoms with Crippen molar-refractivity contribution in [3.05, 3.63) is 76.8 Å². The summed E-state index contributed by atoms with van der Waals surface area (Å²) in [4.78, 5) is 10.1. The van der Waals surface area contributed by atoms with Crippen molar-refractivity contribution in [3.63, 3.8) is 0 Å². The molecule has 0 saturated heterocycles. The van der Waals surface area contributed by atoms with Gasteiger partial charge in [-0.15, -0.1) is 4.40 Å². The number of fused-ring (bicyclic) bond motifs is 2. The highest BCUT2D eigenvalue weighted by molar-refractivity contribution is 7.90. The molecule has 2 aliphatic heterocycles. The van der Waals surface area contributed by atoms with Gasteiger partial charge in [-0.1, -0.05) is 35.9 Å². The van der Waals surface area contributed by atoms with Gasteiger partial charge in [0.25, 0.3) is 10.0 Å². The van der Waals surface area contributed by atoms with E-state index in [0.717, 1.165) is 29.9 Å². The van der Waals surface area contributed by atoms with Crippen LogP contribution in [0.5, 0.6) is 0 Å². The quantitative estimate of drug-likeness (QED) is 0.669. The molecule has 9 heteroatoms. The molecule has 0 amide bonds. The Morgan fingerprint density at radius 2 is 1.93 bits per heavy atom. The minimum absolute atomic E-state index is 0.119. The number of H-pyrrole nitrogens is 1. The zero-order valence-corrected chi connectivity index (χ0v) is 16.9. The van der Waals surface area contributed by atoms with Gasteiger partial charge < -0.3 is 10.3 Å². The molecule has 2 aliphatic rings. The standard InChI is InChI=1S/C20H18ClN5O2S/c21-14-7-5-13(6-8-14)20-19-16(22-12-23-19)9-10-26(20)11-18-24-15-3-1-2-4-17(15)29(27,28)25-18/h1-8,12,20H,9-11H2,(H,22,23)(H,24,25). The molecule has 0 spiro atoms. The molecule has 3 heterocycles. The third-order valence-electron chi connectivity index (χ3n) is 5.24. The number of nitrogens with zero attached hydrogens (tertiary/aromatic N) is 3. The maximum Gasteiger partial charge on any atom is 0.286 e. The minimum atomic E-state index is -3.72. The number of sulfonamides is 1. The Bertz CT molecular complexity index is 1200. The Hall–Kier alpha value is -2.68. The molecular weight excluding hydrogens is 410 g/mol. The Kier molecular flexibility index (Phi) is 4.42. The van der Waals surface area contributed by atoms with Gasteiger partial charge in [-0.25, -0.2) is 4.98 Å². The van der Waals surface area contributed by atoms with Gasteiger partial charge in [0.15, 0.2) is 0 Å². The maximum absolute atomic E-state index is 12.6. The smallest absolute Gasteiger partial charge is 0.286 e. The number of imidazole rings is 1. The molecule has 1 unspecified atom stereocenters. The number of hydrogen-bond donors (Lipinski definition) is 2. The molecule has 3 aromatic rings. The number of aromatic nitrogens is 2. The lowest BCUT2D eigenvalue weighted by molar-refractivity contribution is 0.239. The number of nitrogens with one attached hydrogen (secondary N) is 2. The Labute approximate surface area is 173 Å².